The van der Waals surface area contributed by atoms with E-state index in [0.29, 0.717) is 22.4 Å². The molecular weight excluding hydrogens is 546 g/mol. The molecule has 2 rings (SSSR count). The second-order valence-electron chi connectivity index (χ2n) is 4.86. The molecule has 0 aliphatic heterocycles. The highest BCUT2D eigenvalue weighted by molar-refractivity contribution is 9.31. The minimum absolute atomic E-state index is 0.134. The Kier molecular flexibility index (Phi) is 5.32. The highest BCUT2D eigenvalue weighted by Crippen LogP contribution is 2.55. The Labute approximate surface area is 162 Å². The molecule has 0 heterocycles. The van der Waals surface area contributed by atoms with Crippen molar-refractivity contribution in [2.45, 2.75) is 20.3 Å². The standard InChI is InChI=1S/C15H11Br4NO2/c1-8-9(2)12(21)15(18,19)14(16,17)11(8)20-13(22)10-6-4-3-5-7-10/h3-7H,1-2H3. The molecule has 0 fully saturated rings. The van der Waals surface area contributed by atoms with E-state index in [1.807, 2.05) is 6.07 Å². The van der Waals surface area contributed by atoms with Gasteiger partial charge in [-0.2, -0.15) is 0 Å². The summed E-state index contributed by atoms with van der Waals surface area (Å²) in [6.07, 6.45) is 0. The van der Waals surface area contributed by atoms with Crippen LogP contribution in [0.2, 0.25) is 0 Å². The van der Waals surface area contributed by atoms with E-state index in [9.17, 15) is 9.59 Å². The molecule has 0 bridgehead atoms. The van der Waals surface area contributed by atoms with Crippen LogP contribution in [-0.4, -0.2) is 23.9 Å². The van der Waals surface area contributed by atoms with Gasteiger partial charge in [0, 0.05) is 5.56 Å². The molecule has 1 aliphatic carbocycles. The number of halogens is 4. The number of allylic oxidation sites excluding steroid dienone is 2. The van der Waals surface area contributed by atoms with Crippen LogP contribution in [0.3, 0.4) is 0 Å². The van der Waals surface area contributed by atoms with E-state index in [0.717, 1.165) is 0 Å². The number of Topliss-reactive ketones (excluding diaryl/α,β-unsaturated/α-hetero) is 1. The van der Waals surface area contributed by atoms with E-state index < -0.39 is 6.47 Å². The summed E-state index contributed by atoms with van der Waals surface area (Å²) >= 11 is 13.7. The van der Waals surface area contributed by atoms with Gasteiger partial charge in [0.05, 0.1) is 5.71 Å². The van der Waals surface area contributed by atoms with Crippen LogP contribution in [0.25, 0.3) is 0 Å². The van der Waals surface area contributed by atoms with Gasteiger partial charge >= 0.3 is 0 Å². The van der Waals surface area contributed by atoms with E-state index in [1.165, 1.54) is 0 Å². The average molecular weight is 557 g/mol. The van der Waals surface area contributed by atoms with E-state index in [4.69, 9.17) is 0 Å². The van der Waals surface area contributed by atoms with Gasteiger partial charge in [0.1, 0.15) is 0 Å². The summed E-state index contributed by atoms with van der Waals surface area (Å²) < 4.78 is -2.18. The van der Waals surface area contributed by atoms with Gasteiger partial charge in [0.2, 0.25) is 0 Å². The van der Waals surface area contributed by atoms with Gasteiger partial charge in [-0.05, 0) is 37.1 Å². The first kappa shape index (κ1) is 18.2. The summed E-state index contributed by atoms with van der Waals surface area (Å²) in [6, 6.07) is 8.79. The van der Waals surface area contributed by atoms with Crippen molar-refractivity contribution < 1.29 is 9.59 Å². The van der Waals surface area contributed by atoms with Crippen LogP contribution in [0, 0.1) is 0 Å². The zero-order chi connectivity index (χ0) is 16.7. The Hall–Kier alpha value is -0.110. The number of carbonyl (C=O) groups is 2. The normalized spacial score (nSPS) is 22.1. The zero-order valence-corrected chi connectivity index (χ0v) is 18.0. The summed E-state index contributed by atoms with van der Waals surface area (Å²) in [5, 5.41) is 0. The number of amides is 1. The first-order chi connectivity index (χ1) is 10.1. The van der Waals surface area contributed by atoms with E-state index in [1.54, 1.807) is 38.1 Å². The zero-order valence-electron chi connectivity index (χ0n) is 11.7. The van der Waals surface area contributed by atoms with Crippen LogP contribution < -0.4 is 0 Å². The van der Waals surface area contributed by atoms with Crippen LogP contribution in [0.15, 0.2) is 46.5 Å². The van der Waals surface area contributed by atoms with Crippen molar-refractivity contribution in [3.8, 4) is 0 Å². The van der Waals surface area contributed by atoms with Gasteiger partial charge < -0.3 is 0 Å². The number of hydrogen-bond acceptors (Lipinski definition) is 2. The second kappa shape index (κ2) is 6.42. The van der Waals surface area contributed by atoms with E-state index >= 15 is 0 Å². The fraction of sp³-hybridized carbons (Fsp3) is 0.267. The molecule has 0 aromatic heterocycles. The van der Waals surface area contributed by atoms with Gasteiger partial charge in [-0.15, -0.1) is 0 Å². The maximum absolute atomic E-state index is 12.4. The summed E-state index contributed by atoms with van der Waals surface area (Å²) in [7, 11) is 0. The van der Waals surface area contributed by atoms with Crippen molar-refractivity contribution in [2.75, 3.05) is 0 Å². The lowest BCUT2D eigenvalue weighted by molar-refractivity contribution is -0.115. The number of carbonyl (C=O) groups excluding carboxylic acids is 2. The Morgan fingerprint density at radius 1 is 0.955 bits per heavy atom. The van der Waals surface area contributed by atoms with Crippen molar-refractivity contribution in [1.29, 1.82) is 0 Å². The van der Waals surface area contributed by atoms with Crippen molar-refractivity contribution in [3.63, 3.8) is 0 Å². The van der Waals surface area contributed by atoms with Crippen LogP contribution in [-0.2, 0) is 4.79 Å². The lowest BCUT2D eigenvalue weighted by Crippen LogP contribution is -2.52. The molecule has 0 radical (unpaired) electrons. The smallest absolute Gasteiger partial charge is 0.277 e. The fourth-order valence-electron chi connectivity index (χ4n) is 2.01. The maximum atomic E-state index is 12.4. The van der Waals surface area contributed by atoms with Gasteiger partial charge in [-0.3, -0.25) is 9.59 Å². The quantitative estimate of drug-likeness (QED) is 0.449. The van der Waals surface area contributed by atoms with Gasteiger partial charge in [0.15, 0.2) is 12.3 Å². The van der Waals surface area contributed by atoms with Crippen LogP contribution >= 0.6 is 63.7 Å². The summed E-state index contributed by atoms with van der Waals surface area (Å²) in [6.45, 7) is 3.49. The van der Waals surface area contributed by atoms with E-state index in [2.05, 4.69) is 68.7 Å². The molecule has 0 N–H and O–H groups in total. The van der Waals surface area contributed by atoms with Gasteiger partial charge in [-0.25, -0.2) is 4.99 Å². The van der Waals surface area contributed by atoms with Gasteiger partial charge in [-0.1, -0.05) is 81.9 Å². The molecule has 1 aromatic rings. The second-order valence-corrected chi connectivity index (χ2v) is 11.7. The monoisotopic (exact) mass is 553 g/mol. The number of rotatable bonds is 1. The van der Waals surface area contributed by atoms with E-state index in [-0.39, 0.29) is 11.7 Å². The van der Waals surface area contributed by atoms with Crippen molar-refractivity contribution in [1.82, 2.24) is 0 Å². The van der Waals surface area contributed by atoms with Crippen LogP contribution in [0.1, 0.15) is 24.2 Å². The number of nitrogens with zero attached hydrogens (tertiary/aromatic N) is 1. The highest BCUT2D eigenvalue weighted by Gasteiger charge is 2.58. The fourth-order valence-corrected chi connectivity index (χ4v) is 4.11. The number of alkyl halides is 4. The molecule has 3 nitrogen and oxygen atoms in total. The molecular formula is C15H11Br4NO2. The number of aliphatic imine (C=N–C) groups is 1. The Morgan fingerprint density at radius 3 is 2.05 bits per heavy atom. The summed E-state index contributed by atoms with van der Waals surface area (Å²) in [5.74, 6) is -0.499. The number of ketones is 1. The third-order valence-electron chi connectivity index (χ3n) is 3.47. The molecule has 0 unspecified atom stereocenters. The molecule has 0 saturated heterocycles. The Balaban J connectivity index is 2.60. The number of hydrogen-bond donors (Lipinski definition) is 0. The molecule has 22 heavy (non-hydrogen) atoms. The first-order valence-corrected chi connectivity index (χ1v) is 9.44. The predicted molar refractivity (Wildman–Crippen MR) is 103 cm³/mol. The van der Waals surface area contributed by atoms with Gasteiger partial charge in [0.25, 0.3) is 5.91 Å². The van der Waals surface area contributed by atoms with Crippen LogP contribution in [0.5, 0.6) is 0 Å². The minimum atomic E-state index is -1.13. The SMILES string of the molecule is CC1=C(C)C(=NC(=O)c2ccccc2)C(Br)(Br)C(Br)(Br)C1=O. The Bertz CT molecular complexity index is 706. The van der Waals surface area contributed by atoms with Crippen molar-refractivity contribution >= 4 is 81.1 Å². The maximum Gasteiger partial charge on any atom is 0.277 e. The highest BCUT2D eigenvalue weighted by atomic mass is 79.9. The topological polar surface area (TPSA) is 46.5 Å². The third kappa shape index (κ3) is 2.97. The molecule has 1 aromatic carbocycles. The summed E-state index contributed by atoms with van der Waals surface area (Å²) in [5.41, 5.74) is 2.15. The lowest BCUT2D eigenvalue weighted by Gasteiger charge is -2.39. The molecule has 1 amide bonds. The number of benzene rings is 1. The molecule has 1 aliphatic rings. The molecule has 0 spiro atoms. The minimum Gasteiger partial charge on any atom is -0.292 e. The predicted octanol–water partition coefficient (Wildman–Crippen LogP) is 5.16. The Morgan fingerprint density at radius 2 is 1.50 bits per heavy atom. The molecule has 0 saturated carbocycles. The van der Waals surface area contributed by atoms with Crippen LogP contribution in [0.4, 0.5) is 0 Å². The van der Waals surface area contributed by atoms with Crippen molar-refractivity contribution in [3.05, 3.63) is 47.0 Å². The molecule has 7 heteroatoms. The third-order valence-corrected chi connectivity index (χ3v) is 9.45. The molecule has 116 valence electrons. The van der Waals surface area contributed by atoms with Crippen molar-refractivity contribution in [2.24, 2.45) is 4.99 Å². The first-order valence-electron chi connectivity index (χ1n) is 6.27. The summed E-state index contributed by atoms with van der Waals surface area (Å²) in [4.78, 5) is 29.0. The lowest BCUT2D eigenvalue weighted by atomic mass is 9.90. The molecule has 0 atom stereocenters. The largest absolute Gasteiger partial charge is 0.292 e. The average Bonchev–Trinajstić information content (AvgIpc) is 2.49.